The van der Waals surface area contributed by atoms with E-state index in [1.807, 2.05) is 48.6 Å². The Morgan fingerprint density at radius 2 is 1.23 bits per heavy atom. The van der Waals surface area contributed by atoms with E-state index in [4.69, 9.17) is 19.1 Å². The first-order chi connectivity index (χ1) is 27.0. The number of unbranched alkanes of at least 4 members (excludes halogenated alkanes) is 9. The number of carbonyl (C=O) groups excluding carboxylic acids is 2. The second-order valence-electron chi connectivity index (χ2n) is 14.3. The third kappa shape index (κ3) is 38.3. The van der Waals surface area contributed by atoms with E-state index in [1.165, 1.54) is 44.9 Å². The van der Waals surface area contributed by atoms with E-state index in [9.17, 15) is 29.3 Å². The van der Waals surface area contributed by atoms with Crippen molar-refractivity contribution >= 4 is 19.8 Å². The van der Waals surface area contributed by atoms with Crippen LogP contribution in [0.1, 0.15) is 143 Å². The number of allylic oxidation sites excluding steroid dienone is 10. The Bertz CT molecular complexity index is 1190. The summed E-state index contributed by atoms with van der Waals surface area (Å²) in [6, 6.07) is 0. The van der Waals surface area contributed by atoms with Crippen molar-refractivity contribution in [2.24, 2.45) is 5.92 Å². The molecule has 0 rings (SSSR count). The van der Waals surface area contributed by atoms with Crippen LogP contribution in [0.3, 0.4) is 0 Å². The van der Waals surface area contributed by atoms with E-state index >= 15 is 0 Å². The quantitative estimate of drug-likeness (QED) is 0.0155. The SMILES string of the molecule is CC/C=C\C/C=C\CC(O)/C=C/C=C\C/C=C\C/C=C\CCC(=O)OC[C@H](COP(=O)(O)OC[C@@H](O)CO)OC(=O)CCCCCCCCCCCCC(C)C. The second kappa shape index (κ2) is 37.9. The number of phosphoric ester groups is 1. The molecule has 0 saturated heterocycles. The normalized spacial score (nSPS) is 15.3. The topological polar surface area (TPSA) is 169 Å². The maximum atomic E-state index is 12.6. The van der Waals surface area contributed by atoms with Crippen molar-refractivity contribution in [2.75, 3.05) is 26.4 Å². The fourth-order valence-corrected chi connectivity index (χ4v) is 5.96. The summed E-state index contributed by atoms with van der Waals surface area (Å²) in [7, 11) is -4.65. The fraction of sp³-hybridized carbons (Fsp3) is 0.682. The van der Waals surface area contributed by atoms with Crippen LogP contribution >= 0.6 is 7.82 Å². The van der Waals surface area contributed by atoms with Gasteiger partial charge in [-0.1, -0.05) is 158 Å². The highest BCUT2D eigenvalue weighted by atomic mass is 31.2. The maximum absolute atomic E-state index is 12.6. The predicted molar refractivity (Wildman–Crippen MR) is 225 cm³/mol. The lowest BCUT2D eigenvalue weighted by Gasteiger charge is -2.20. The first-order valence-electron chi connectivity index (χ1n) is 20.9. The lowest BCUT2D eigenvalue weighted by atomic mass is 10.0. The number of aliphatic hydroxyl groups is 3. The molecule has 0 aromatic carbocycles. The molecule has 11 nitrogen and oxygen atoms in total. The molecule has 2 unspecified atom stereocenters. The van der Waals surface area contributed by atoms with Gasteiger partial charge in [0.25, 0.3) is 0 Å². The molecule has 322 valence electrons. The number of rotatable bonds is 37. The molecule has 0 aliphatic rings. The molecule has 0 heterocycles. The Kier molecular flexibility index (Phi) is 36.1. The van der Waals surface area contributed by atoms with Gasteiger partial charge in [-0.2, -0.15) is 0 Å². The third-order valence-corrected chi connectivity index (χ3v) is 9.35. The highest BCUT2D eigenvalue weighted by Gasteiger charge is 2.27. The summed E-state index contributed by atoms with van der Waals surface area (Å²) < 4.78 is 32.5. The molecule has 0 aliphatic carbocycles. The average molecular weight is 811 g/mol. The molecule has 56 heavy (non-hydrogen) atoms. The summed E-state index contributed by atoms with van der Waals surface area (Å²) in [5, 5.41) is 28.3. The molecular weight excluding hydrogens is 735 g/mol. The van der Waals surface area contributed by atoms with Crippen molar-refractivity contribution in [1.29, 1.82) is 0 Å². The summed E-state index contributed by atoms with van der Waals surface area (Å²) >= 11 is 0. The van der Waals surface area contributed by atoms with Crippen LogP contribution in [-0.2, 0) is 32.7 Å². The monoisotopic (exact) mass is 811 g/mol. The van der Waals surface area contributed by atoms with Crippen LogP contribution in [0, 0.1) is 5.92 Å². The molecule has 0 aromatic heterocycles. The van der Waals surface area contributed by atoms with Gasteiger partial charge in [-0.15, -0.1) is 0 Å². The van der Waals surface area contributed by atoms with E-state index < -0.39 is 57.9 Å². The average Bonchev–Trinajstić information content (AvgIpc) is 3.16. The van der Waals surface area contributed by atoms with Crippen molar-refractivity contribution in [3.8, 4) is 0 Å². The Hall–Kier alpha value is -2.63. The Morgan fingerprint density at radius 3 is 1.88 bits per heavy atom. The van der Waals surface area contributed by atoms with Crippen molar-refractivity contribution < 1.29 is 52.9 Å². The molecule has 0 spiro atoms. The van der Waals surface area contributed by atoms with Gasteiger partial charge in [-0.3, -0.25) is 18.6 Å². The minimum Gasteiger partial charge on any atom is -0.462 e. The number of esters is 2. The molecule has 4 atom stereocenters. The number of ether oxygens (including phenoxy) is 2. The molecule has 12 heteroatoms. The van der Waals surface area contributed by atoms with E-state index in [1.54, 1.807) is 6.08 Å². The highest BCUT2D eigenvalue weighted by molar-refractivity contribution is 7.47. The molecule has 0 saturated carbocycles. The second-order valence-corrected chi connectivity index (χ2v) is 15.8. The Balaban J connectivity index is 4.50. The van der Waals surface area contributed by atoms with Crippen molar-refractivity contribution in [3.63, 3.8) is 0 Å². The molecular formula is C44H75O11P. The van der Waals surface area contributed by atoms with Crippen LogP contribution in [0.25, 0.3) is 0 Å². The summed E-state index contributed by atoms with van der Waals surface area (Å²) in [5.74, 6) is -0.284. The molecule has 0 aliphatic heterocycles. The zero-order valence-electron chi connectivity index (χ0n) is 34.6. The van der Waals surface area contributed by atoms with E-state index in [2.05, 4.69) is 43.5 Å². The molecule has 0 bridgehead atoms. The molecule has 0 aromatic rings. The maximum Gasteiger partial charge on any atom is 0.472 e. The zero-order chi connectivity index (χ0) is 41.5. The first kappa shape index (κ1) is 53.4. The van der Waals surface area contributed by atoms with Crippen LogP contribution in [0.4, 0.5) is 0 Å². The molecule has 4 N–H and O–H groups in total. The van der Waals surface area contributed by atoms with Gasteiger partial charge in [0.05, 0.1) is 25.9 Å². The summed E-state index contributed by atoms with van der Waals surface area (Å²) in [5.41, 5.74) is 0. The van der Waals surface area contributed by atoms with Gasteiger partial charge in [-0.05, 0) is 50.9 Å². The van der Waals surface area contributed by atoms with Crippen LogP contribution in [0.15, 0.2) is 72.9 Å². The van der Waals surface area contributed by atoms with Gasteiger partial charge in [-0.25, -0.2) is 4.57 Å². The van der Waals surface area contributed by atoms with Crippen LogP contribution in [0.2, 0.25) is 0 Å². The van der Waals surface area contributed by atoms with Crippen molar-refractivity contribution in [3.05, 3.63) is 72.9 Å². The predicted octanol–water partition coefficient (Wildman–Crippen LogP) is 9.71. The largest absolute Gasteiger partial charge is 0.472 e. The van der Waals surface area contributed by atoms with Gasteiger partial charge in [0, 0.05) is 12.8 Å². The zero-order valence-corrected chi connectivity index (χ0v) is 35.5. The van der Waals surface area contributed by atoms with E-state index in [0.717, 1.165) is 44.4 Å². The van der Waals surface area contributed by atoms with Gasteiger partial charge in [0.1, 0.15) is 12.7 Å². The van der Waals surface area contributed by atoms with Crippen molar-refractivity contribution in [1.82, 2.24) is 0 Å². The lowest BCUT2D eigenvalue weighted by Crippen LogP contribution is -2.29. The number of hydrogen-bond acceptors (Lipinski definition) is 10. The van der Waals surface area contributed by atoms with Gasteiger partial charge >= 0.3 is 19.8 Å². The van der Waals surface area contributed by atoms with Gasteiger partial charge < -0.3 is 29.7 Å². The van der Waals surface area contributed by atoms with Crippen LogP contribution in [-0.4, -0.2) is 76.9 Å². The Morgan fingerprint density at radius 1 is 0.661 bits per heavy atom. The smallest absolute Gasteiger partial charge is 0.462 e. The molecule has 0 radical (unpaired) electrons. The molecule has 0 fully saturated rings. The standard InChI is InChI=1S/C44H75O11P/c1-4-5-6-7-21-26-31-40(46)32-27-22-17-13-9-11-14-18-23-28-33-43(48)52-37-42(38-54-56(50,51)53-36-41(47)35-45)55-44(49)34-29-24-19-15-10-8-12-16-20-25-30-39(2)3/h5-6,9,11,17-18,21-23,26-27,32,39-42,45-47H,4,7-8,10,12-16,19-20,24-25,28-31,33-38H2,1-3H3,(H,50,51)/b6-5-,11-9-,22-17-,23-18-,26-21-,32-27+/t40?,41-,42+/m0/s1. The number of hydrogen-bond donors (Lipinski definition) is 4. The third-order valence-electron chi connectivity index (χ3n) is 8.40. The van der Waals surface area contributed by atoms with Crippen LogP contribution < -0.4 is 0 Å². The first-order valence-corrected chi connectivity index (χ1v) is 22.4. The molecule has 0 amide bonds. The fourth-order valence-electron chi connectivity index (χ4n) is 5.17. The minimum absolute atomic E-state index is 0.0904. The minimum atomic E-state index is -4.65. The number of phosphoric acid groups is 1. The lowest BCUT2D eigenvalue weighted by molar-refractivity contribution is -0.161. The number of aliphatic hydroxyl groups excluding tert-OH is 3. The van der Waals surface area contributed by atoms with E-state index in [-0.39, 0.29) is 19.4 Å². The summed E-state index contributed by atoms with van der Waals surface area (Å²) in [6.45, 7) is 4.37. The van der Waals surface area contributed by atoms with Crippen molar-refractivity contribution in [2.45, 2.75) is 161 Å². The Labute approximate surface area is 338 Å². The van der Waals surface area contributed by atoms with Crippen LogP contribution in [0.5, 0.6) is 0 Å². The summed E-state index contributed by atoms with van der Waals surface area (Å²) in [6.07, 6.45) is 37.8. The van der Waals surface area contributed by atoms with E-state index in [0.29, 0.717) is 25.7 Å². The van der Waals surface area contributed by atoms with Gasteiger partial charge in [0.2, 0.25) is 0 Å². The highest BCUT2D eigenvalue weighted by Crippen LogP contribution is 2.43. The number of carbonyl (C=O) groups is 2. The summed E-state index contributed by atoms with van der Waals surface area (Å²) in [4.78, 5) is 34.9. The van der Waals surface area contributed by atoms with Gasteiger partial charge in [0.15, 0.2) is 6.10 Å².